The third kappa shape index (κ3) is 3.89. The van der Waals surface area contributed by atoms with Crippen molar-refractivity contribution < 1.29 is 23.0 Å². The molecule has 1 aromatic carbocycles. The number of methoxy groups -OCH3 is 1. The second-order valence-electron chi connectivity index (χ2n) is 4.40. The fourth-order valence-electron chi connectivity index (χ4n) is 1.62. The van der Waals surface area contributed by atoms with Crippen molar-refractivity contribution in [1.29, 1.82) is 0 Å². The van der Waals surface area contributed by atoms with Crippen molar-refractivity contribution in [2.75, 3.05) is 13.7 Å². The van der Waals surface area contributed by atoms with Crippen molar-refractivity contribution in [2.45, 2.75) is 24.9 Å². The van der Waals surface area contributed by atoms with Gasteiger partial charge in [0.2, 0.25) is 0 Å². The monoisotopic (exact) mass is 271 g/mol. The number of ether oxygens (including phenoxy) is 2. The van der Waals surface area contributed by atoms with Gasteiger partial charge in [-0.3, -0.25) is 10.1 Å². The van der Waals surface area contributed by atoms with Crippen LogP contribution < -0.4 is 10.1 Å². The second-order valence-corrected chi connectivity index (χ2v) is 4.40. The van der Waals surface area contributed by atoms with Crippen LogP contribution in [0.15, 0.2) is 18.2 Å². The molecule has 1 aromatic rings. The van der Waals surface area contributed by atoms with Gasteiger partial charge in [0.1, 0.15) is 18.5 Å². The maximum absolute atomic E-state index is 13.3. The van der Waals surface area contributed by atoms with Crippen LogP contribution in [0, 0.1) is 11.6 Å². The minimum Gasteiger partial charge on any atom is -0.488 e. The van der Waals surface area contributed by atoms with E-state index < -0.39 is 23.6 Å². The molecule has 0 saturated heterocycles. The normalized spacial score (nSPS) is 15.9. The van der Waals surface area contributed by atoms with E-state index in [-0.39, 0.29) is 18.4 Å². The molecule has 0 aliphatic heterocycles. The smallest absolute Gasteiger partial charge is 0.326 e. The number of hydrogen-bond donors (Lipinski definition) is 1. The Morgan fingerprint density at radius 2 is 2.21 bits per heavy atom. The van der Waals surface area contributed by atoms with Crippen LogP contribution >= 0.6 is 0 Å². The molecule has 0 bridgehead atoms. The summed E-state index contributed by atoms with van der Waals surface area (Å²) in [4.78, 5) is 11.5. The highest BCUT2D eigenvalue weighted by atomic mass is 19.1. The standard InChI is InChI=1S/C13H15F2NO3/c1-18-13(17)11(16-9-3-4-9)7-19-12-6-8(14)2-5-10(12)15/h2,5-6,9,11,16H,3-4,7H2,1H3. The number of carbonyl (C=O) groups excluding carboxylic acids is 1. The Bertz CT molecular complexity index is 463. The molecule has 19 heavy (non-hydrogen) atoms. The fraction of sp³-hybridized carbons (Fsp3) is 0.462. The van der Waals surface area contributed by atoms with Crippen molar-refractivity contribution >= 4 is 5.97 Å². The average molecular weight is 271 g/mol. The van der Waals surface area contributed by atoms with Gasteiger partial charge in [-0.1, -0.05) is 0 Å². The van der Waals surface area contributed by atoms with Crippen molar-refractivity contribution in [1.82, 2.24) is 5.32 Å². The maximum atomic E-state index is 13.3. The fourth-order valence-corrected chi connectivity index (χ4v) is 1.62. The maximum Gasteiger partial charge on any atom is 0.326 e. The van der Waals surface area contributed by atoms with Crippen LogP contribution in [0.25, 0.3) is 0 Å². The quantitative estimate of drug-likeness (QED) is 0.799. The molecular weight excluding hydrogens is 256 g/mol. The van der Waals surface area contributed by atoms with Gasteiger partial charge in [0.25, 0.3) is 0 Å². The highest BCUT2D eigenvalue weighted by Crippen LogP contribution is 2.21. The van der Waals surface area contributed by atoms with E-state index in [2.05, 4.69) is 10.1 Å². The van der Waals surface area contributed by atoms with Gasteiger partial charge in [-0.25, -0.2) is 8.78 Å². The Kier molecular flexibility index (Phi) is 4.31. The minimum atomic E-state index is -0.680. The van der Waals surface area contributed by atoms with Gasteiger partial charge in [0.05, 0.1) is 7.11 Å². The molecule has 1 N–H and O–H groups in total. The third-order valence-corrected chi connectivity index (χ3v) is 2.80. The van der Waals surface area contributed by atoms with Gasteiger partial charge in [0, 0.05) is 12.1 Å². The van der Waals surface area contributed by atoms with Crippen molar-refractivity contribution in [2.24, 2.45) is 0 Å². The van der Waals surface area contributed by atoms with Gasteiger partial charge < -0.3 is 9.47 Å². The molecule has 1 fully saturated rings. The lowest BCUT2D eigenvalue weighted by Crippen LogP contribution is -2.43. The number of benzene rings is 1. The van der Waals surface area contributed by atoms with E-state index in [1.807, 2.05) is 0 Å². The number of carbonyl (C=O) groups is 1. The van der Waals surface area contributed by atoms with Crippen LogP contribution in [-0.2, 0) is 9.53 Å². The van der Waals surface area contributed by atoms with Crippen molar-refractivity contribution in [3.05, 3.63) is 29.8 Å². The summed E-state index contributed by atoms with van der Waals surface area (Å²) >= 11 is 0. The Morgan fingerprint density at radius 3 is 2.84 bits per heavy atom. The molecule has 0 aromatic heterocycles. The molecule has 0 radical (unpaired) electrons. The lowest BCUT2D eigenvalue weighted by atomic mass is 10.3. The van der Waals surface area contributed by atoms with Crippen LogP contribution in [0.5, 0.6) is 5.75 Å². The van der Waals surface area contributed by atoms with Crippen LogP contribution in [0.2, 0.25) is 0 Å². The van der Waals surface area contributed by atoms with Crippen LogP contribution in [0.4, 0.5) is 8.78 Å². The zero-order valence-corrected chi connectivity index (χ0v) is 10.5. The first-order valence-corrected chi connectivity index (χ1v) is 6.02. The van der Waals surface area contributed by atoms with Crippen LogP contribution in [0.3, 0.4) is 0 Å². The molecule has 1 aliphatic rings. The van der Waals surface area contributed by atoms with Gasteiger partial charge >= 0.3 is 5.97 Å². The summed E-state index contributed by atoms with van der Waals surface area (Å²) in [6.45, 7) is -0.108. The average Bonchev–Trinajstić information content (AvgIpc) is 3.21. The zero-order valence-electron chi connectivity index (χ0n) is 10.5. The predicted molar refractivity (Wildman–Crippen MR) is 63.8 cm³/mol. The number of esters is 1. The summed E-state index contributed by atoms with van der Waals surface area (Å²) in [6, 6.07) is 2.51. The molecule has 1 atom stereocenters. The largest absolute Gasteiger partial charge is 0.488 e. The molecule has 4 nitrogen and oxygen atoms in total. The second kappa shape index (κ2) is 5.97. The molecule has 1 unspecified atom stereocenters. The van der Waals surface area contributed by atoms with Gasteiger partial charge in [-0.15, -0.1) is 0 Å². The highest BCUT2D eigenvalue weighted by Gasteiger charge is 2.29. The molecular formula is C13H15F2NO3. The van der Waals surface area contributed by atoms with E-state index >= 15 is 0 Å². The molecule has 1 saturated carbocycles. The third-order valence-electron chi connectivity index (χ3n) is 2.80. The summed E-state index contributed by atoms with van der Waals surface area (Å²) in [5, 5.41) is 3.03. The highest BCUT2D eigenvalue weighted by molar-refractivity contribution is 5.75. The lowest BCUT2D eigenvalue weighted by molar-refractivity contribution is -0.144. The molecule has 1 aliphatic carbocycles. The van der Waals surface area contributed by atoms with Crippen molar-refractivity contribution in [3.8, 4) is 5.75 Å². The molecule has 104 valence electrons. The zero-order chi connectivity index (χ0) is 13.8. The van der Waals surface area contributed by atoms with Gasteiger partial charge in [0.15, 0.2) is 11.6 Å². The van der Waals surface area contributed by atoms with Crippen LogP contribution in [0.1, 0.15) is 12.8 Å². The van der Waals surface area contributed by atoms with E-state index in [1.165, 1.54) is 7.11 Å². The summed E-state index contributed by atoms with van der Waals surface area (Å²) < 4.78 is 36.1. The van der Waals surface area contributed by atoms with E-state index in [1.54, 1.807) is 0 Å². The van der Waals surface area contributed by atoms with Crippen LogP contribution in [-0.4, -0.2) is 31.8 Å². The van der Waals surface area contributed by atoms with E-state index in [0.29, 0.717) is 0 Å². The number of rotatable bonds is 6. The Morgan fingerprint density at radius 1 is 1.47 bits per heavy atom. The molecule has 2 rings (SSSR count). The minimum absolute atomic E-state index is 0.108. The number of nitrogens with one attached hydrogen (secondary N) is 1. The molecule has 0 spiro atoms. The Labute approximate surface area is 109 Å². The molecule has 0 amide bonds. The van der Waals surface area contributed by atoms with Gasteiger partial charge in [-0.05, 0) is 25.0 Å². The molecule has 6 heteroatoms. The predicted octanol–water partition coefficient (Wildman–Crippen LogP) is 1.64. The Hall–Kier alpha value is -1.69. The van der Waals surface area contributed by atoms with Gasteiger partial charge in [-0.2, -0.15) is 0 Å². The Balaban J connectivity index is 1.96. The first-order valence-electron chi connectivity index (χ1n) is 6.02. The van der Waals surface area contributed by atoms with E-state index in [0.717, 1.165) is 31.0 Å². The molecule has 0 heterocycles. The van der Waals surface area contributed by atoms with Crippen molar-refractivity contribution in [3.63, 3.8) is 0 Å². The number of hydrogen-bond acceptors (Lipinski definition) is 4. The summed E-state index contributed by atoms with van der Waals surface area (Å²) in [5.74, 6) is -1.96. The first-order chi connectivity index (χ1) is 9.10. The number of halogens is 2. The first kappa shape index (κ1) is 13.7. The van der Waals surface area contributed by atoms with E-state index in [4.69, 9.17) is 4.74 Å². The lowest BCUT2D eigenvalue weighted by Gasteiger charge is -2.17. The van der Waals surface area contributed by atoms with E-state index in [9.17, 15) is 13.6 Å². The topological polar surface area (TPSA) is 47.6 Å². The summed E-state index contributed by atoms with van der Waals surface area (Å²) in [7, 11) is 1.27. The summed E-state index contributed by atoms with van der Waals surface area (Å²) in [6.07, 6.45) is 1.98. The summed E-state index contributed by atoms with van der Waals surface area (Å²) in [5.41, 5.74) is 0. The SMILES string of the molecule is COC(=O)C(COc1cc(F)ccc1F)NC1CC1.